The average molecular weight is 386 g/mol. The number of hydrogen-bond acceptors (Lipinski definition) is 6. The number of aromatic amines is 1. The summed E-state index contributed by atoms with van der Waals surface area (Å²) in [4.78, 5) is 11.8. The van der Waals surface area contributed by atoms with Crippen molar-refractivity contribution in [3.8, 4) is 23.2 Å². The van der Waals surface area contributed by atoms with E-state index in [-0.39, 0.29) is 11.5 Å². The monoisotopic (exact) mass is 386 g/mol. The Labute approximate surface area is 167 Å². The van der Waals surface area contributed by atoms with Gasteiger partial charge in [0.2, 0.25) is 11.8 Å². The summed E-state index contributed by atoms with van der Waals surface area (Å²) in [5.74, 6) is -0.558. The molecule has 1 aromatic heterocycles. The normalized spacial score (nSPS) is 15.3. The predicted molar refractivity (Wildman–Crippen MR) is 106 cm³/mol. The molecule has 7 nitrogen and oxygen atoms in total. The summed E-state index contributed by atoms with van der Waals surface area (Å²) in [5.41, 5.74) is 11.0. The third-order valence-electron chi connectivity index (χ3n) is 4.94. The first kappa shape index (κ1) is 18.3. The minimum absolute atomic E-state index is 0.0176. The minimum Gasteiger partial charge on any atom is -0.465 e. The lowest BCUT2D eigenvalue weighted by molar-refractivity contribution is 0.0600. The molecule has 0 aliphatic carbocycles. The van der Waals surface area contributed by atoms with Crippen LogP contribution in [0.5, 0.6) is 5.88 Å². The topological polar surface area (TPSA) is 114 Å². The molecule has 0 bridgehead atoms. The van der Waals surface area contributed by atoms with Crippen molar-refractivity contribution in [2.45, 2.75) is 12.8 Å². The molecule has 3 N–H and O–H groups in total. The van der Waals surface area contributed by atoms with Crippen LogP contribution < -0.4 is 10.5 Å². The Morgan fingerprint density at radius 2 is 1.90 bits per heavy atom. The van der Waals surface area contributed by atoms with E-state index in [1.165, 1.54) is 7.11 Å². The third kappa shape index (κ3) is 3.11. The summed E-state index contributed by atoms with van der Waals surface area (Å²) in [6.45, 7) is 2.01. The van der Waals surface area contributed by atoms with Crippen LogP contribution in [0.25, 0.3) is 11.3 Å². The molecule has 1 aliphatic heterocycles. The average Bonchev–Trinajstić information content (AvgIpc) is 3.16. The molecule has 0 spiro atoms. The first-order valence-corrected chi connectivity index (χ1v) is 8.94. The van der Waals surface area contributed by atoms with E-state index in [1.54, 1.807) is 24.3 Å². The zero-order valence-corrected chi connectivity index (χ0v) is 15.9. The van der Waals surface area contributed by atoms with E-state index >= 15 is 0 Å². The maximum atomic E-state index is 11.8. The molecule has 29 heavy (non-hydrogen) atoms. The number of nitrogens with one attached hydrogen (secondary N) is 1. The highest BCUT2D eigenvalue weighted by molar-refractivity contribution is 5.89. The Bertz CT molecular complexity index is 1150. The molecular weight excluding hydrogens is 368 g/mol. The van der Waals surface area contributed by atoms with Gasteiger partial charge in [-0.1, -0.05) is 42.0 Å². The van der Waals surface area contributed by atoms with Crippen LogP contribution in [0, 0.1) is 18.3 Å². The molecule has 1 aliphatic rings. The van der Waals surface area contributed by atoms with Crippen LogP contribution in [-0.4, -0.2) is 23.3 Å². The van der Waals surface area contributed by atoms with Gasteiger partial charge in [-0.3, -0.25) is 5.10 Å². The maximum Gasteiger partial charge on any atom is 0.337 e. The number of fused-ring (bicyclic) bond motifs is 1. The van der Waals surface area contributed by atoms with E-state index in [4.69, 9.17) is 15.2 Å². The molecule has 144 valence electrons. The molecule has 2 heterocycles. The number of methoxy groups -OCH3 is 1. The number of aryl methyl sites for hydroxylation is 1. The maximum absolute atomic E-state index is 11.8. The van der Waals surface area contributed by atoms with Gasteiger partial charge in [0.05, 0.1) is 29.8 Å². The lowest BCUT2D eigenvalue weighted by Crippen LogP contribution is -2.21. The second-order valence-corrected chi connectivity index (χ2v) is 6.72. The summed E-state index contributed by atoms with van der Waals surface area (Å²) in [7, 11) is 1.33. The molecular formula is C22H18N4O3. The predicted octanol–water partition coefficient (Wildman–Crippen LogP) is 3.39. The van der Waals surface area contributed by atoms with Crippen molar-refractivity contribution >= 4 is 5.97 Å². The van der Waals surface area contributed by atoms with Crippen LogP contribution >= 0.6 is 0 Å². The molecule has 0 saturated heterocycles. The number of esters is 1. The highest BCUT2D eigenvalue weighted by atomic mass is 16.5. The minimum atomic E-state index is -0.481. The lowest BCUT2D eigenvalue weighted by Gasteiger charge is -2.24. The molecule has 0 radical (unpaired) electrons. The molecule has 0 unspecified atom stereocenters. The van der Waals surface area contributed by atoms with Crippen molar-refractivity contribution in [2.75, 3.05) is 7.11 Å². The number of hydrogen-bond donors (Lipinski definition) is 2. The van der Waals surface area contributed by atoms with E-state index < -0.39 is 11.9 Å². The van der Waals surface area contributed by atoms with Crippen LogP contribution in [0.1, 0.15) is 33.0 Å². The second-order valence-electron chi connectivity index (χ2n) is 6.72. The quantitative estimate of drug-likeness (QED) is 0.667. The number of carbonyl (C=O) groups is 1. The van der Waals surface area contributed by atoms with Crippen LogP contribution in [0.2, 0.25) is 0 Å². The Balaban J connectivity index is 1.87. The van der Waals surface area contributed by atoms with E-state index in [0.29, 0.717) is 11.4 Å². The van der Waals surface area contributed by atoms with Crippen molar-refractivity contribution < 1.29 is 14.3 Å². The summed E-state index contributed by atoms with van der Waals surface area (Å²) in [6.07, 6.45) is 0. The van der Waals surface area contributed by atoms with Gasteiger partial charge in [-0.2, -0.15) is 5.26 Å². The van der Waals surface area contributed by atoms with Crippen molar-refractivity contribution in [3.05, 3.63) is 82.2 Å². The summed E-state index contributed by atoms with van der Waals surface area (Å²) in [6, 6.07) is 17.0. The van der Waals surface area contributed by atoms with Gasteiger partial charge in [0.1, 0.15) is 11.6 Å². The van der Waals surface area contributed by atoms with Crippen LogP contribution in [-0.2, 0) is 4.74 Å². The first-order chi connectivity index (χ1) is 14.0. The van der Waals surface area contributed by atoms with Crippen molar-refractivity contribution in [3.63, 3.8) is 0 Å². The Hall–Kier alpha value is -4.05. The van der Waals surface area contributed by atoms with Gasteiger partial charge in [0.25, 0.3) is 0 Å². The van der Waals surface area contributed by atoms with Crippen LogP contribution in [0.15, 0.2) is 60.0 Å². The van der Waals surface area contributed by atoms with Gasteiger partial charge in [-0.15, -0.1) is 5.10 Å². The summed E-state index contributed by atoms with van der Waals surface area (Å²) >= 11 is 0. The number of H-pyrrole nitrogens is 1. The Kier molecular flexibility index (Phi) is 4.53. The highest BCUT2D eigenvalue weighted by Crippen LogP contribution is 2.45. The fourth-order valence-electron chi connectivity index (χ4n) is 3.45. The third-order valence-corrected chi connectivity index (χ3v) is 4.94. The lowest BCUT2D eigenvalue weighted by atomic mass is 9.82. The number of benzene rings is 2. The summed E-state index contributed by atoms with van der Waals surface area (Å²) < 4.78 is 10.4. The molecule has 7 heteroatoms. The van der Waals surface area contributed by atoms with E-state index in [9.17, 15) is 10.1 Å². The molecule has 0 saturated carbocycles. The Morgan fingerprint density at radius 1 is 1.21 bits per heavy atom. The number of rotatable bonds is 3. The number of nitrogens with zero attached hydrogens (tertiary/aromatic N) is 2. The van der Waals surface area contributed by atoms with Crippen LogP contribution in [0.3, 0.4) is 0 Å². The fraction of sp³-hybridized carbons (Fsp3) is 0.136. The SMILES string of the molecule is COC(=O)c1ccc([C@H]2C(C#N)=C(N)Oc3n[nH]c(-c4ccc(C)cc4)c32)cc1. The fourth-order valence-corrected chi connectivity index (χ4v) is 3.45. The molecule has 3 aromatic rings. The highest BCUT2D eigenvalue weighted by Gasteiger charge is 2.35. The van der Waals surface area contributed by atoms with Crippen LogP contribution in [0.4, 0.5) is 0 Å². The number of nitriles is 1. The van der Waals surface area contributed by atoms with Gasteiger partial charge in [-0.05, 0) is 24.6 Å². The van der Waals surface area contributed by atoms with Gasteiger partial charge in [0.15, 0.2) is 0 Å². The number of ether oxygens (including phenoxy) is 2. The van der Waals surface area contributed by atoms with E-state index in [0.717, 1.165) is 27.9 Å². The molecule has 1 atom stereocenters. The standard InChI is InChI=1S/C22H18N4O3/c1-12-3-5-14(6-4-12)19-18-17(13-7-9-15(10-8-13)22(27)28-2)16(11-23)20(24)29-21(18)26-25-19/h3-10,17H,24H2,1-2H3,(H,25,26)/t17-/m0/s1. The molecule has 0 fully saturated rings. The number of nitrogens with two attached hydrogens (primary N) is 1. The van der Waals surface area contributed by atoms with Gasteiger partial charge in [0, 0.05) is 5.56 Å². The van der Waals surface area contributed by atoms with Crippen molar-refractivity contribution in [1.29, 1.82) is 5.26 Å². The largest absolute Gasteiger partial charge is 0.465 e. The molecule has 2 aromatic carbocycles. The molecule has 0 amide bonds. The van der Waals surface area contributed by atoms with Gasteiger partial charge >= 0.3 is 5.97 Å². The zero-order valence-electron chi connectivity index (χ0n) is 15.9. The van der Waals surface area contributed by atoms with Gasteiger partial charge in [-0.25, -0.2) is 4.79 Å². The van der Waals surface area contributed by atoms with Crippen molar-refractivity contribution in [1.82, 2.24) is 10.2 Å². The van der Waals surface area contributed by atoms with Crippen molar-refractivity contribution in [2.24, 2.45) is 5.73 Å². The number of aromatic nitrogens is 2. The van der Waals surface area contributed by atoms with E-state index in [2.05, 4.69) is 16.3 Å². The number of allylic oxidation sites excluding steroid dienone is 1. The number of carbonyl (C=O) groups excluding carboxylic acids is 1. The second kappa shape index (κ2) is 7.17. The van der Waals surface area contributed by atoms with E-state index in [1.807, 2.05) is 31.2 Å². The smallest absolute Gasteiger partial charge is 0.337 e. The Morgan fingerprint density at radius 3 is 2.52 bits per heavy atom. The first-order valence-electron chi connectivity index (χ1n) is 8.94. The molecule has 4 rings (SSSR count). The van der Waals surface area contributed by atoms with Gasteiger partial charge < -0.3 is 15.2 Å². The zero-order chi connectivity index (χ0) is 20.5. The summed E-state index contributed by atoms with van der Waals surface area (Å²) in [5, 5.41) is 17.0.